The highest BCUT2D eigenvalue weighted by Gasteiger charge is 2.09. The summed E-state index contributed by atoms with van der Waals surface area (Å²) in [7, 11) is 0. The van der Waals surface area contributed by atoms with E-state index in [1.807, 2.05) is 12.8 Å². The second-order valence-electron chi connectivity index (χ2n) is 2.33. The van der Waals surface area contributed by atoms with Crippen molar-refractivity contribution in [2.75, 3.05) is 0 Å². The lowest BCUT2D eigenvalue weighted by Crippen LogP contribution is -2.05. The highest BCUT2D eigenvalue weighted by molar-refractivity contribution is 7.09. The van der Waals surface area contributed by atoms with Crippen molar-refractivity contribution in [3.63, 3.8) is 0 Å². The van der Waals surface area contributed by atoms with E-state index in [2.05, 4.69) is 4.98 Å². The average Bonchev–Trinajstić information content (AvgIpc) is 2.51. The molecule has 0 amide bonds. The van der Waals surface area contributed by atoms with Crippen LogP contribution in [0.3, 0.4) is 0 Å². The molecule has 0 spiro atoms. The number of carbonyl (C=O) groups is 1. The first-order valence-electron chi connectivity index (χ1n) is 3.37. The molecule has 0 bridgehead atoms. The molecule has 0 aromatic carbocycles. The fourth-order valence-corrected chi connectivity index (χ4v) is 1.43. The van der Waals surface area contributed by atoms with Crippen LogP contribution in [-0.2, 0) is 0 Å². The van der Waals surface area contributed by atoms with Gasteiger partial charge in [0.1, 0.15) is 10.7 Å². The summed E-state index contributed by atoms with van der Waals surface area (Å²) in [6, 6.07) is -0.144. The van der Waals surface area contributed by atoms with Crippen LogP contribution >= 0.6 is 11.3 Å². The molecule has 1 aromatic heterocycles. The number of hydrogen-bond acceptors (Lipinski definition) is 4. The van der Waals surface area contributed by atoms with Gasteiger partial charge in [0.15, 0.2) is 0 Å². The average molecular weight is 180 g/mol. The maximum Gasteiger partial charge on any atom is 0.254 e. The van der Waals surface area contributed by atoms with Crippen molar-refractivity contribution in [2.45, 2.75) is 13.0 Å². The first kappa shape index (κ1) is 8.91. The second-order valence-corrected chi connectivity index (χ2v) is 3.22. The topological polar surface area (TPSA) is 56.0 Å². The predicted molar refractivity (Wildman–Crippen MR) is 47.9 cm³/mol. The molecule has 0 aliphatic heterocycles. The highest BCUT2D eigenvalue weighted by Crippen LogP contribution is 2.15. The molecule has 0 saturated carbocycles. The van der Waals surface area contributed by atoms with E-state index in [-0.39, 0.29) is 6.04 Å². The lowest BCUT2D eigenvalue weighted by Gasteiger charge is -1.95. The van der Waals surface area contributed by atoms with Crippen LogP contribution in [0.15, 0.2) is 5.38 Å². The normalized spacial score (nSPS) is 12.1. The van der Waals surface area contributed by atoms with Crippen molar-refractivity contribution in [2.24, 2.45) is 5.73 Å². The zero-order chi connectivity index (χ0) is 9.14. The number of nitrogens with two attached hydrogens (primary N) is 1. The van der Waals surface area contributed by atoms with Crippen molar-refractivity contribution in [3.05, 3.63) is 16.1 Å². The van der Waals surface area contributed by atoms with Gasteiger partial charge in [-0.2, -0.15) is 0 Å². The quantitative estimate of drug-likeness (QED) is 0.419. The van der Waals surface area contributed by atoms with Gasteiger partial charge in [-0.25, -0.2) is 4.98 Å². The summed E-state index contributed by atoms with van der Waals surface area (Å²) in [6.45, 7) is 1.81. The van der Waals surface area contributed by atoms with E-state index in [4.69, 9.17) is 12.2 Å². The van der Waals surface area contributed by atoms with Crippen LogP contribution in [0.4, 0.5) is 0 Å². The first-order chi connectivity index (χ1) is 5.65. The number of carbonyl (C=O) groups excluding carboxylic acids is 1. The maximum absolute atomic E-state index is 10.9. The summed E-state index contributed by atoms with van der Waals surface area (Å²) in [4.78, 5) is 14.9. The SMILES string of the molecule is C#CC(=O)c1csc(C(C)N)n1. The Hall–Kier alpha value is -1.18. The van der Waals surface area contributed by atoms with Crippen molar-refractivity contribution >= 4 is 17.1 Å². The summed E-state index contributed by atoms with van der Waals surface area (Å²) in [6.07, 6.45) is 4.92. The van der Waals surface area contributed by atoms with Crippen molar-refractivity contribution in [1.82, 2.24) is 4.98 Å². The molecule has 4 heteroatoms. The summed E-state index contributed by atoms with van der Waals surface area (Å²) in [5, 5.41) is 2.36. The van der Waals surface area contributed by atoms with E-state index < -0.39 is 5.78 Å². The number of aromatic nitrogens is 1. The van der Waals surface area contributed by atoms with Crippen LogP contribution in [0.5, 0.6) is 0 Å². The monoisotopic (exact) mass is 180 g/mol. The zero-order valence-corrected chi connectivity index (χ0v) is 7.39. The van der Waals surface area contributed by atoms with Gasteiger partial charge < -0.3 is 5.73 Å². The smallest absolute Gasteiger partial charge is 0.254 e. The molecular formula is C8H8N2OS. The Kier molecular flexibility index (Phi) is 2.58. The van der Waals surface area contributed by atoms with E-state index in [1.54, 1.807) is 5.38 Å². The Morgan fingerprint density at radius 2 is 2.58 bits per heavy atom. The summed E-state index contributed by atoms with van der Waals surface area (Å²) in [5.74, 6) is 1.61. The van der Waals surface area contributed by atoms with E-state index in [0.29, 0.717) is 5.69 Å². The molecule has 12 heavy (non-hydrogen) atoms. The van der Waals surface area contributed by atoms with Crippen LogP contribution in [0.25, 0.3) is 0 Å². The molecule has 1 rings (SSSR count). The Morgan fingerprint density at radius 1 is 1.92 bits per heavy atom. The number of hydrogen-bond donors (Lipinski definition) is 1. The molecule has 0 aliphatic carbocycles. The minimum Gasteiger partial charge on any atom is -0.322 e. The Morgan fingerprint density at radius 3 is 3.00 bits per heavy atom. The Labute approximate surface area is 74.6 Å². The van der Waals surface area contributed by atoms with E-state index in [1.165, 1.54) is 11.3 Å². The van der Waals surface area contributed by atoms with E-state index in [0.717, 1.165) is 5.01 Å². The molecule has 1 aromatic rings. The Balaban J connectivity index is 2.93. The fourth-order valence-electron chi connectivity index (χ4n) is 0.675. The third-order valence-electron chi connectivity index (χ3n) is 1.28. The van der Waals surface area contributed by atoms with Gasteiger partial charge in [0.2, 0.25) is 0 Å². The van der Waals surface area contributed by atoms with E-state index in [9.17, 15) is 4.79 Å². The van der Waals surface area contributed by atoms with E-state index >= 15 is 0 Å². The van der Waals surface area contributed by atoms with Crippen LogP contribution in [0.1, 0.15) is 28.5 Å². The molecule has 0 fully saturated rings. The molecule has 1 atom stereocenters. The molecular weight excluding hydrogens is 172 g/mol. The summed E-state index contributed by atoms with van der Waals surface area (Å²) in [5.41, 5.74) is 5.87. The highest BCUT2D eigenvalue weighted by atomic mass is 32.1. The van der Waals surface area contributed by atoms with Crippen molar-refractivity contribution in [3.8, 4) is 12.3 Å². The number of terminal acetylenes is 1. The minimum absolute atomic E-state index is 0.144. The molecule has 1 heterocycles. The number of Topliss-reactive ketones (excluding diaryl/α,β-unsaturated/α-hetero) is 1. The molecule has 0 aliphatic rings. The first-order valence-corrected chi connectivity index (χ1v) is 4.25. The van der Waals surface area contributed by atoms with Gasteiger partial charge in [-0.15, -0.1) is 17.8 Å². The van der Waals surface area contributed by atoms with Gasteiger partial charge in [0.25, 0.3) is 5.78 Å². The van der Waals surface area contributed by atoms with Crippen LogP contribution in [-0.4, -0.2) is 10.8 Å². The molecule has 1 unspecified atom stereocenters. The summed E-state index contributed by atoms with van der Waals surface area (Å²) >= 11 is 1.35. The van der Waals surface area contributed by atoms with Crippen LogP contribution in [0.2, 0.25) is 0 Å². The van der Waals surface area contributed by atoms with Gasteiger partial charge in [0.05, 0.1) is 6.04 Å². The molecule has 0 radical (unpaired) electrons. The number of ketones is 1. The lowest BCUT2D eigenvalue weighted by atomic mass is 10.3. The van der Waals surface area contributed by atoms with Crippen molar-refractivity contribution in [1.29, 1.82) is 0 Å². The van der Waals surface area contributed by atoms with Gasteiger partial charge >= 0.3 is 0 Å². The van der Waals surface area contributed by atoms with Gasteiger partial charge in [-0.1, -0.05) is 0 Å². The summed E-state index contributed by atoms with van der Waals surface area (Å²) < 4.78 is 0. The predicted octanol–water partition coefficient (Wildman–Crippen LogP) is 0.979. The molecule has 2 N–H and O–H groups in total. The largest absolute Gasteiger partial charge is 0.322 e. The molecule has 3 nitrogen and oxygen atoms in total. The zero-order valence-electron chi connectivity index (χ0n) is 6.57. The molecule has 62 valence electrons. The van der Waals surface area contributed by atoms with Gasteiger partial charge in [-0.3, -0.25) is 4.79 Å². The maximum atomic E-state index is 10.9. The fraction of sp³-hybridized carbons (Fsp3) is 0.250. The standard InChI is InChI=1S/C8H8N2OS/c1-3-7(11)6-4-12-8(10-6)5(2)9/h1,4-5H,9H2,2H3. The second kappa shape index (κ2) is 3.48. The lowest BCUT2D eigenvalue weighted by molar-refractivity contribution is 0.105. The third-order valence-corrected chi connectivity index (χ3v) is 2.32. The van der Waals surface area contributed by atoms with Gasteiger partial charge in [0, 0.05) is 5.38 Å². The minimum atomic E-state index is -0.391. The van der Waals surface area contributed by atoms with Gasteiger partial charge in [-0.05, 0) is 12.8 Å². The van der Waals surface area contributed by atoms with Crippen molar-refractivity contribution < 1.29 is 4.79 Å². The third kappa shape index (κ3) is 1.70. The number of rotatable bonds is 2. The van der Waals surface area contributed by atoms with Crippen LogP contribution < -0.4 is 5.73 Å². The van der Waals surface area contributed by atoms with Crippen LogP contribution in [0, 0.1) is 12.3 Å². The Bertz CT molecular complexity index is 335. The molecule has 0 saturated heterocycles. The number of thiazole rings is 1. The number of nitrogens with zero attached hydrogens (tertiary/aromatic N) is 1.